The van der Waals surface area contributed by atoms with E-state index in [1.54, 1.807) is 7.11 Å². The van der Waals surface area contributed by atoms with Gasteiger partial charge in [-0.05, 0) is 0 Å². The van der Waals surface area contributed by atoms with E-state index < -0.39 is 8.80 Å². The standard InChI is InChI=1S/C14H16OSi/c1-15-12-16(13-8-4-2-5-9-13)14-10-6-3-7-11-14/h2-11,16H,12H2,1H3. The zero-order valence-electron chi connectivity index (χ0n) is 9.47. The van der Waals surface area contributed by atoms with Gasteiger partial charge in [0.05, 0.1) is 0 Å². The minimum Gasteiger partial charge on any atom is -0.387 e. The van der Waals surface area contributed by atoms with Gasteiger partial charge in [-0.3, -0.25) is 0 Å². The minimum atomic E-state index is -1.17. The maximum absolute atomic E-state index is 5.37. The van der Waals surface area contributed by atoms with E-state index in [0.29, 0.717) is 0 Å². The molecule has 2 aromatic rings. The largest absolute Gasteiger partial charge is 0.387 e. The Morgan fingerprint density at radius 1 is 0.812 bits per heavy atom. The van der Waals surface area contributed by atoms with Gasteiger partial charge in [0, 0.05) is 13.3 Å². The van der Waals surface area contributed by atoms with Crippen molar-refractivity contribution in [2.45, 2.75) is 0 Å². The van der Waals surface area contributed by atoms with Gasteiger partial charge < -0.3 is 4.74 Å². The van der Waals surface area contributed by atoms with Crippen molar-refractivity contribution >= 4 is 19.2 Å². The first-order chi connectivity index (χ1) is 7.92. The van der Waals surface area contributed by atoms with Crippen molar-refractivity contribution in [3.05, 3.63) is 60.7 Å². The molecule has 0 amide bonds. The molecule has 0 spiro atoms. The van der Waals surface area contributed by atoms with Crippen molar-refractivity contribution in [2.75, 3.05) is 13.3 Å². The molecule has 2 rings (SSSR count). The Hall–Kier alpha value is -1.38. The van der Waals surface area contributed by atoms with E-state index >= 15 is 0 Å². The maximum Gasteiger partial charge on any atom is 0.130 e. The number of ether oxygens (including phenoxy) is 1. The fourth-order valence-electron chi connectivity index (χ4n) is 1.92. The molecular weight excluding hydrogens is 212 g/mol. The highest BCUT2D eigenvalue weighted by molar-refractivity contribution is 6.85. The smallest absolute Gasteiger partial charge is 0.130 e. The number of benzene rings is 2. The van der Waals surface area contributed by atoms with Crippen LogP contribution in [0.2, 0.25) is 0 Å². The van der Waals surface area contributed by atoms with Gasteiger partial charge in [0.15, 0.2) is 0 Å². The Kier molecular flexibility index (Phi) is 3.91. The normalized spacial score (nSPS) is 10.6. The number of hydrogen-bond acceptors (Lipinski definition) is 1. The van der Waals surface area contributed by atoms with Gasteiger partial charge in [-0.15, -0.1) is 0 Å². The number of rotatable bonds is 4. The molecule has 0 heterocycles. The first-order valence-electron chi connectivity index (χ1n) is 5.50. The lowest BCUT2D eigenvalue weighted by Gasteiger charge is -2.15. The van der Waals surface area contributed by atoms with Gasteiger partial charge in [-0.25, -0.2) is 0 Å². The highest BCUT2D eigenvalue weighted by Crippen LogP contribution is 1.93. The van der Waals surface area contributed by atoms with E-state index in [4.69, 9.17) is 4.74 Å². The van der Waals surface area contributed by atoms with Crippen molar-refractivity contribution in [2.24, 2.45) is 0 Å². The average Bonchev–Trinajstić information content (AvgIpc) is 2.38. The molecule has 0 radical (unpaired) electrons. The highest BCUT2D eigenvalue weighted by atomic mass is 28.3. The lowest BCUT2D eigenvalue weighted by Crippen LogP contribution is -2.46. The van der Waals surface area contributed by atoms with Crippen LogP contribution in [0.1, 0.15) is 0 Å². The summed E-state index contributed by atoms with van der Waals surface area (Å²) in [6.45, 7) is 0. The molecule has 0 bridgehead atoms. The molecule has 0 saturated heterocycles. The van der Waals surface area contributed by atoms with E-state index in [0.717, 1.165) is 6.23 Å². The fraction of sp³-hybridized carbons (Fsp3) is 0.143. The second-order valence-corrected chi connectivity index (χ2v) is 6.60. The van der Waals surface area contributed by atoms with Crippen molar-refractivity contribution in [1.29, 1.82) is 0 Å². The molecule has 16 heavy (non-hydrogen) atoms. The number of methoxy groups -OCH3 is 1. The molecule has 2 heteroatoms. The van der Waals surface area contributed by atoms with Crippen LogP contribution in [0.25, 0.3) is 0 Å². The minimum absolute atomic E-state index is 0.855. The first-order valence-corrected chi connectivity index (χ1v) is 7.48. The third kappa shape index (κ3) is 2.59. The second kappa shape index (κ2) is 5.63. The van der Waals surface area contributed by atoms with Gasteiger partial charge in [-0.1, -0.05) is 71.0 Å². The van der Waals surface area contributed by atoms with Crippen LogP contribution in [-0.4, -0.2) is 22.1 Å². The van der Waals surface area contributed by atoms with E-state index in [2.05, 4.69) is 60.7 Å². The fourth-order valence-corrected chi connectivity index (χ4v) is 4.40. The zero-order valence-corrected chi connectivity index (χ0v) is 10.6. The molecule has 0 aromatic heterocycles. The molecule has 0 aliphatic carbocycles. The van der Waals surface area contributed by atoms with Gasteiger partial charge in [0.25, 0.3) is 0 Å². The van der Waals surface area contributed by atoms with Gasteiger partial charge >= 0.3 is 0 Å². The Morgan fingerprint density at radius 2 is 1.25 bits per heavy atom. The molecule has 0 saturated carbocycles. The van der Waals surface area contributed by atoms with Crippen LogP contribution in [-0.2, 0) is 4.74 Å². The molecular formula is C14H16OSi. The van der Waals surface area contributed by atoms with Crippen molar-refractivity contribution in [3.8, 4) is 0 Å². The lowest BCUT2D eigenvalue weighted by molar-refractivity contribution is 0.251. The quantitative estimate of drug-likeness (QED) is 0.715. The Bertz CT molecular complexity index is 374. The van der Waals surface area contributed by atoms with E-state index in [-0.39, 0.29) is 0 Å². The third-order valence-electron chi connectivity index (χ3n) is 2.74. The van der Waals surface area contributed by atoms with Crippen LogP contribution in [0.4, 0.5) is 0 Å². The molecule has 0 fully saturated rings. The van der Waals surface area contributed by atoms with Gasteiger partial charge in [0.2, 0.25) is 0 Å². The SMILES string of the molecule is COC[SiH](c1ccccc1)c1ccccc1. The van der Waals surface area contributed by atoms with Crippen LogP contribution in [0.3, 0.4) is 0 Å². The van der Waals surface area contributed by atoms with Crippen molar-refractivity contribution in [3.63, 3.8) is 0 Å². The molecule has 1 nitrogen and oxygen atoms in total. The monoisotopic (exact) mass is 228 g/mol. The van der Waals surface area contributed by atoms with Crippen LogP contribution >= 0.6 is 0 Å². The van der Waals surface area contributed by atoms with Crippen molar-refractivity contribution in [1.82, 2.24) is 0 Å². The molecule has 0 N–H and O–H groups in total. The van der Waals surface area contributed by atoms with Crippen LogP contribution in [0.15, 0.2) is 60.7 Å². The second-order valence-electron chi connectivity index (χ2n) is 3.83. The topological polar surface area (TPSA) is 9.23 Å². The highest BCUT2D eigenvalue weighted by Gasteiger charge is 2.14. The Balaban J connectivity index is 2.31. The predicted molar refractivity (Wildman–Crippen MR) is 71.2 cm³/mol. The lowest BCUT2D eigenvalue weighted by atomic mass is 10.4. The summed E-state index contributed by atoms with van der Waals surface area (Å²) >= 11 is 0. The summed E-state index contributed by atoms with van der Waals surface area (Å²) in [7, 11) is 0.611. The summed E-state index contributed by atoms with van der Waals surface area (Å²) in [4.78, 5) is 0. The first kappa shape index (κ1) is 11.1. The maximum atomic E-state index is 5.37. The van der Waals surface area contributed by atoms with Crippen LogP contribution in [0, 0.1) is 0 Å². The zero-order chi connectivity index (χ0) is 11.2. The Labute approximate surface area is 98.3 Å². The summed E-state index contributed by atoms with van der Waals surface area (Å²) in [5, 5.41) is 2.88. The van der Waals surface area contributed by atoms with Gasteiger partial charge in [-0.2, -0.15) is 0 Å². The summed E-state index contributed by atoms with van der Waals surface area (Å²) < 4.78 is 5.37. The summed E-state index contributed by atoms with van der Waals surface area (Å²) in [5.41, 5.74) is 0. The van der Waals surface area contributed by atoms with E-state index in [1.165, 1.54) is 10.4 Å². The summed E-state index contributed by atoms with van der Waals surface area (Å²) in [5.74, 6) is 0. The molecule has 0 unspecified atom stereocenters. The molecule has 0 atom stereocenters. The molecule has 2 aromatic carbocycles. The summed E-state index contributed by atoms with van der Waals surface area (Å²) in [6.07, 6.45) is 0.855. The summed E-state index contributed by atoms with van der Waals surface area (Å²) in [6, 6.07) is 21.4. The number of hydrogen-bond donors (Lipinski definition) is 0. The third-order valence-corrected chi connectivity index (χ3v) is 5.78. The van der Waals surface area contributed by atoms with E-state index in [9.17, 15) is 0 Å². The molecule has 0 aliphatic heterocycles. The predicted octanol–water partition coefficient (Wildman–Crippen LogP) is 1.21. The van der Waals surface area contributed by atoms with Crippen LogP contribution < -0.4 is 10.4 Å². The van der Waals surface area contributed by atoms with Crippen LogP contribution in [0.5, 0.6) is 0 Å². The molecule has 82 valence electrons. The van der Waals surface area contributed by atoms with Crippen molar-refractivity contribution < 1.29 is 4.74 Å². The molecule has 0 aliphatic rings. The van der Waals surface area contributed by atoms with E-state index in [1.807, 2.05) is 0 Å². The average molecular weight is 228 g/mol. The Morgan fingerprint density at radius 3 is 1.62 bits per heavy atom. The van der Waals surface area contributed by atoms with Gasteiger partial charge in [0.1, 0.15) is 8.80 Å².